The lowest BCUT2D eigenvalue weighted by Crippen LogP contribution is -2.19. The Hall–Kier alpha value is -2.63. The molecule has 1 unspecified atom stereocenters. The molecule has 0 saturated heterocycles. The predicted molar refractivity (Wildman–Crippen MR) is 87.5 cm³/mol. The number of rotatable bonds is 4. The number of anilines is 1. The maximum Gasteiger partial charge on any atom is 0.234 e. The number of hydrogen-bond donors (Lipinski definition) is 2. The van der Waals surface area contributed by atoms with Crippen molar-refractivity contribution < 1.29 is 4.79 Å². The SMILES string of the molecule is Cc1ccn2cc(C(C)C(=O)Nc3cc(C4CC4)[nH]n3)nc2c1. The fraction of sp³-hybridized carbons (Fsp3) is 0.353. The first-order chi connectivity index (χ1) is 11.1. The van der Waals surface area contributed by atoms with Gasteiger partial charge in [0.05, 0.1) is 11.6 Å². The van der Waals surface area contributed by atoms with E-state index in [9.17, 15) is 4.79 Å². The average Bonchev–Trinajstić information content (AvgIpc) is 3.13. The zero-order chi connectivity index (χ0) is 16.0. The van der Waals surface area contributed by atoms with Crippen LogP contribution in [0, 0.1) is 6.92 Å². The van der Waals surface area contributed by atoms with Gasteiger partial charge in [-0.3, -0.25) is 9.89 Å². The molecule has 6 heteroatoms. The van der Waals surface area contributed by atoms with Gasteiger partial charge in [0, 0.05) is 30.1 Å². The minimum atomic E-state index is -0.337. The summed E-state index contributed by atoms with van der Waals surface area (Å²) in [6, 6.07) is 5.95. The van der Waals surface area contributed by atoms with Gasteiger partial charge in [0.2, 0.25) is 5.91 Å². The first-order valence-electron chi connectivity index (χ1n) is 7.91. The summed E-state index contributed by atoms with van der Waals surface area (Å²) < 4.78 is 1.94. The Kier molecular flexibility index (Phi) is 3.18. The Labute approximate surface area is 133 Å². The number of pyridine rings is 1. The molecule has 23 heavy (non-hydrogen) atoms. The fourth-order valence-corrected chi connectivity index (χ4v) is 2.68. The van der Waals surface area contributed by atoms with Crippen LogP contribution in [-0.2, 0) is 4.79 Å². The summed E-state index contributed by atoms with van der Waals surface area (Å²) >= 11 is 0. The first kappa shape index (κ1) is 14.0. The lowest BCUT2D eigenvalue weighted by Gasteiger charge is -2.07. The summed E-state index contributed by atoms with van der Waals surface area (Å²) in [7, 11) is 0. The maximum absolute atomic E-state index is 12.4. The van der Waals surface area contributed by atoms with E-state index < -0.39 is 0 Å². The van der Waals surface area contributed by atoms with Crippen LogP contribution in [-0.4, -0.2) is 25.5 Å². The van der Waals surface area contributed by atoms with Crippen LogP contribution >= 0.6 is 0 Å². The number of nitrogens with one attached hydrogen (secondary N) is 2. The molecule has 3 aromatic rings. The first-order valence-corrected chi connectivity index (χ1v) is 7.91. The zero-order valence-electron chi connectivity index (χ0n) is 13.2. The van der Waals surface area contributed by atoms with Crippen molar-refractivity contribution in [2.45, 2.75) is 38.5 Å². The van der Waals surface area contributed by atoms with E-state index in [2.05, 4.69) is 20.5 Å². The number of amides is 1. The molecule has 1 fully saturated rings. The molecule has 2 N–H and O–H groups in total. The smallest absolute Gasteiger partial charge is 0.234 e. The van der Waals surface area contributed by atoms with Gasteiger partial charge in [0.1, 0.15) is 5.65 Å². The molecular formula is C17H19N5O. The van der Waals surface area contributed by atoms with Crippen molar-refractivity contribution in [2.75, 3.05) is 5.32 Å². The summed E-state index contributed by atoms with van der Waals surface area (Å²) in [5.41, 5.74) is 3.87. The predicted octanol–water partition coefficient (Wildman–Crippen LogP) is 2.99. The van der Waals surface area contributed by atoms with Crippen molar-refractivity contribution in [3.63, 3.8) is 0 Å². The number of imidazole rings is 1. The lowest BCUT2D eigenvalue weighted by atomic mass is 10.1. The molecule has 1 atom stereocenters. The van der Waals surface area contributed by atoms with Crippen molar-refractivity contribution >= 4 is 17.4 Å². The van der Waals surface area contributed by atoms with E-state index in [1.807, 2.05) is 48.8 Å². The molecule has 3 heterocycles. The Morgan fingerprint density at radius 3 is 3.04 bits per heavy atom. The van der Waals surface area contributed by atoms with E-state index in [0.717, 1.165) is 22.6 Å². The molecule has 0 bridgehead atoms. The van der Waals surface area contributed by atoms with Crippen LogP contribution in [0.2, 0.25) is 0 Å². The third-order valence-corrected chi connectivity index (χ3v) is 4.34. The highest BCUT2D eigenvalue weighted by Crippen LogP contribution is 2.39. The monoisotopic (exact) mass is 309 g/mol. The van der Waals surface area contributed by atoms with Gasteiger partial charge in [0.25, 0.3) is 0 Å². The van der Waals surface area contributed by atoms with Gasteiger partial charge in [-0.25, -0.2) is 4.98 Å². The van der Waals surface area contributed by atoms with Crippen molar-refractivity contribution in [1.29, 1.82) is 0 Å². The number of aromatic nitrogens is 4. The van der Waals surface area contributed by atoms with Crippen LogP contribution < -0.4 is 5.32 Å². The Balaban J connectivity index is 1.51. The largest absolute Gasteiger partial charge is 0.309 e. The second-order valence-corrected chi connectivity index (χ2v) is 6.33. The van der Waals surface area contributed by atoms with E-state index in [-0.39, 0.29) is 11.8 Å². The highest BCUT2D eigenvalue weighted by molar-refractivity contribution is 5.94. The van der Waals surface area contributed by atoms with E-state index in [0.29, 0.717) is 11.7 Å². The normalized spacial score (nSPS) is 15.7. The summed E-state index contributed by atoms with van der Waals surface area (Å²) in [4.78, 5) is 17.0. The molecule has 0 spiro atoms. The topological polar surface area (TPSA) is 75.1 Å². The van der Waals surface area contributed by atoms with Crippen LogP contribution in [0.4, 0.5) is 5.82 Å². The number of fused-ring (bicyclic) bond motifs is 1. The number of nitrogens with zero attached hydrogens (tertiary/aromatic N) is 3. The Morgan fingerprint density at radius 2 is 2.26 bits per heavy atom. The fourth-order valence-electron chi connectivity index (χ4n) is 2.68. The minimum absolute atomic E-state index is 0.0982. The maximum atomic E-state index is 12.4. The molecule has 4 rings (SSSR count). The zero-order valence-corrected chi connectivity index (χ0v) is 13.2. The van der Waals surface area contributed by atoms with Crippen LogP contribution in [0.5, 0.6) is 0 Å². The van der Waals surface area contributed by atoms with Crippen molar-refractivity contribution in [2.24, 2.45) is 0 Å². The highest BCUT2D eigenvalue weighted by Gasteiger charge is 2.26. The highest BCUT2D eigenvalue weighted by atomic mass is 16.2. The molecule has 1 amide bonds. The molecule has 1 saturated carbocycles. The third-order valence-electron chi connectivity index (χ3n) is 4.34. The third kappa shape index (κ3) is 2.72. The molecule has 118 valence electrons. The summed E-state index contributed by atoms with van der Waals surface area (Å²) in [5, 5.41) is 10.0. The van der Waals surface area contributed by atoms with Gasteiger partial charge >= 0.3 is 0 Å². The van der Waals surface area contributed by atoms with Gasteiger partial charge in [-0.2, -0.15) is 5.10 Å². The van der Waals surface area contributed by atoms with Gasteiger partial charge in [-0.15, -0.1) is 0 Å². The minimum Gasteiger partial charge on any atom is -0.309 e. The van der Waals surface area contributed by atoms with Crippen LogP contribution in [0.25, 0.3) is 5.65 Å². The Bertz CT molecular complexity index is 874. The van der Waals surface area contributed by atoms with Gasteiger partial charge < -0.3 is 9.72 Å². The summed E-state index contributed by atoms with van der Waals surface area (Å²) in [5.74, 6) is 0.742. The average molecular weight is 309 g/mol. The quantitative estimate of drug-likeness (QED) is 0.778. The number of H-pyrrole nitrogens is 1. The van der Waals surface area contributed by atoms with E-state index in [4.69, 9.17) is 0 Å². The number of carbonyl (C=O) groups excluding carboxylic acids is 1. The second kappa shape index (κ2) is 5.22. The van der Waals surface area contributed by atoms with Crippen LogP contribution in [0.3, 0.4) is 0 Å². The molecule has 3 aromatic heterocycles. The van der Waals surface area contributed by atoms with Crippen molar-refractivity contribution in [1.82, 2.24) is 19.6 Å². The molecule has 0 aliphatic heterocycles. The summed E-state index contributed by atoms with van der Waals surface area (Å²) in [6.07, 6.45) is 6.26. The van der Waals surface area contributed by atoms with E-state index in [1.54, 1.807) is 0 Å². The number of carbonyl (C=O) groups is 1. The van der Waals surface area contributed by atoms with Crippen molar-refractivity contribution in [3.05, 3.63) is 47.5 Å². The van der Waals surface area contributed by atoms with Crippen molar-refractivity contribution in [3.8, 4) is 0 Å². The summed E-state index contributed by atoms with van der Waals surface area (Å²) in [6.45, 7) is 3.89. The second-order valence-electron chi connectivity index (χ2n) is 6.33. The van der Waals surface area contributed by atoms with Gasteiger partial charge in [0.15, 0.2) is 5.82 Å². The standard InChI is InChI=1S/C17H19N5O/c1-10-5-6-22-9-14(18-16(22)7-10)11(2)17(23)19-15-8-13(20-21-15)12-3-4-12/h5-9,11-12H,3-4H2,1-2H3,(H2,19,20,21,23). The number of aromatic amines is 1. The van der Waals surface area contributed by atoms with Crippen LogP contribution in [0.15, 0.2) is 30.6 Å². The molecular weight excluding hydrogens is 290 g/mol. The molecule has 6 nitrogen and oxygen atoms in total. The lowest BCUT2D eigenvalue weighted by molar-refractivity contribution is -0.117. The van der Waals surface area contributed by atoms with Crippen LogP contribution in [0.1, 0.15) is 48.6 Å². The molecule has 0 radical (unpaired) electrons. The van der Waals surface area contributed by atoms with Gasteiger partial charge in [-0.1, -0.05) is 0 Å². The van der Waals surface area contributed by atoms with E-state index in [1.165, 1.54) is 12.8 Å². The van der Waals surface area contributed by atoms with Gasteiger partial charge in [-0.05, 0) is 44.4 Å². The molecule has 1 aliphatic rings. The Morgan fingerprint density at radius 1 is 1.43 bits per heavy atom. The number of aryl methyl sites for hydroxylation is 1. The van der Waals surface area contributed by atoms with E-state index >= 15 is 0 Å². The molecule has 0 aromatic carbocycles. The number of hydrogen-bond acceptors (Lipinski definition) is 3. The molecule has 1 aliphatic carbocycles.